The molecule has 2 unspecified atom stereocenters. The number of ether oxygens (including phenoxy) is 1. The minimum Gasteiger partial charge on any atom is -0.497 e. The van der Waals surface area contributed by atoms with Crippen LogP contribution >= 0.6 is 11.3 Å². The molecule has 2 heterocycles. The average Bonchev–Trinajstić information content (AvgIpc) is 3.33. The highest BCUT2D eigenvalue weighted by Gasteiger charge is 2.56. The van der Waals surface area contributed by atoms with Crippen molar-refractivity contribution >= 4 is 34.9 Å². The Kier molecular flexibility index (Phi) is 6.22. The highest BCUT2D eigenvalue weighted by Crippen LogP contribution is 2.46. The zero-order valence-corrected chi connectivity index (χ0v) is 20.4. The van der Waals surface area contributed by atoms with Crippen molar-refractivity contribution in [3.05, 3.63) is 46.7 Å². The average molecular weight is 470 g/mol. The number of benzene rings is 1. The maximum absolute atomic E-state index is 13.5. The Morgan fingerprint density at radius 1 is 1.21 bits per heavy atom. The fourth-order valence-electron chi connectivity index (χ4n) is 5.51. The maximum Gasteiger partial charge on any atom is 0.325 e. The number of imide groups is 1. The summed E-state index contributed by atoms with van der Waals surface area (Å²) in [6.07, 6.45) is 2.18. The van der Waals surface area contributed by atoms with Crippen LogP contribution in [0.3, 0.4) is 0 Å². The highest BCUT2D eigenvalue weighted by molar-refractivity contribution is 7.09. The van der Waals surface area contributed by atoms with Crippen LogP contribution in [0.4, 0.5) is 10.5 Å². The number of amides is 4. The van der Waals surface area contributed by atoms with Crippen molar-refractivity contribution in [3.63, 3.8) is 0 Å². The van der Waals surface area contributed by atoms with Gasteiger partial charge in [0.05, 0.1) is 13.7 Å². The zero-order valence-electron chi connectivity index (χ0n) is 19.6. The number of nitrogens with zero attached hydrogens (tertiary/aromatic N) is 2. The molecule has 0 bridgehead atoms. The van der Waals surface area contributed by atoms with E-state index < -0.39 is 11.6 Å². The van der Waals surface area contributed by atoms with E-state index in [1.54, 1.807) is 35.5 Å². The van der Waals surface area contributed by atoms with Gasteiger partial charge in [-0.05, 0) is 66.3 Å². The third-order valence-corrected chi connectivity index (χ3v) is 7.36. The first kappa shape index (κ1) is 23.3. The van der Waals surface area contributed by atoms with Gasteiger partial charge in [0, 0.05) is 10.6 Å². The number of nitrogens with one attached hydrogen (secondary N) is 1. The second kappa shape index (κ2) is 8.82. The molecule has 1 aromatic carbocycles. The number of hydrogen-bond acceptors (Lipinski definition) is 5. The van der Waals surface area contributed by atoms with Crippen LogP contribution in [0.1, 0.15) is 44.9 Å². The van der Waals surface area contributed by atoms with Crippen molar-refractivity contribution in [1.29, 1.82) is 0 Å². The normalized spacial score (nSPS) is 24.1. The standard InChI is InChI=1S/C25H31N3O4S/c1-17-12-24(2,3)16-25(13-17)22(30)28(23(31)26-25)15-21(29)27(14-20-6-5-11-33-20)18-7-9-19(32-4)10-8-18/h5-11,17H,12-16H2,1-4H3,(H,26,31). The van der Waals surface area contributed by atoms with Gasteiger partial charge in [0.15, 0.2) is 0 Å². The van der Waals surface area contributed by atoms with Gasteiger partial charge in [-0.2, -0.15) is 0 Å². The van der Waals surface area contributed by atoms with Crippen molar-refractivity contribution in [2.24, 2.45) is 11.3 Å². The lowest BCUT2D eigenvalue weighted by Crippen LogP contribution is -2.54. The van der Waals surface area contributed by atoms with Crippen molar-refractivity contribution in [2.45, 2.75) is 52.1 Å². The Morgan fingerprint density at radius 3 is 2.55 bits per heavy atom. The van der Waals surface area contributed by atoms with Gasteiger partial charge in [0.25, 0.3) is 5.91 Å². The third kappa shape index (κ3) is 4.76. The molecule has 1 aliphatic heterocycles. The third-order valence-electron chi connectivity index (χ3n) is 6.50. The maximum atomic E-state index is 13.5. The smallest absolute Gasteiger partial charge is 0.325 e. The van der Waals surface area contributed by atoms with Crippen molar-refractivity contribution in [1.82, 2.24) is 10.2 Å². The van der Waals surface area contributed by atoms with Crippen LogP contribution in [0.5, 0.6) is 5.75 Å². The molecule has 2 atom stereocenters. The topological polar surface area (TPSA) is 79.0 Å². The van der Waals surface area contributed by atoms with Gasteiger partial charge in [0.1, 0.15) is 17.8 Å². The van der Waals surface area contributed by atoms with Gasteiger partial charge < -0.3 is 15.0 Å². The van der Waals surface area contributed by atoms with E-state index in [2.05, 4.69) is 26.1 Å². The number of hydrogen-bond donors (Lipinski definition) is 1. The van der Waals surface area contributed by atoms with Crippen LogP contribution in [0.15, 0.2) is 41.8 Å². The Morgan fingerprint density at radius 2 is 1.94 bits per heavy atom. The summed E-state index contributed by atoms with van der Waals surface area (Å²) in [7, 11) is 1.59. The molecular formula is C25H31N3O4S. The number of rotatable bonds is 6. The molecule has 0 radical (unpaired) electrons. The van der Waals surface area contributed by atoms with E-state index in [9.17, 15) is 14.4 Å². The minimum absolute atomic E-state index is 0.0606. The summed E-state index contributed by atoms with van der Waals surface area (Å²) in [5, 5.41) is 4.91. The van der Waals surface area contributed by atoms with Crippen molar-refractivity contribution in [3.8, 4) is 5.75 Å². The summed E-state index contributed by atoms with van der Waals surface area (Å²) in [5.74, 6) is 0.402. The molecular weight excluding hydrogens is 438 g/mol. The van der Waals surface area contributed by atoms with Crippen LogP contribution in [0.25, 0.3) is 0 Å². The summed E-state index contributed by atoms with van der Waals surface area (Å²) in [5.41, 5.74) is -0.296. The van der Waals surface area contributed by atoms with Gasteiger partial charge in [-0.3, -0.25) is 14.5 Å². The molecule has 2 aliphatic rings. The van der Waals surface area contributed by atoms with Crippen LogP contribution in [-0.4, -0.2) is 41.9 Å². The molecule has 1 spiro atoms. The fourth-order valence-corrected chi connectivity index (χ4v) is 6.21. The molecule has 176 valence electrons. The molecule has 7 nitrogen and oxygen atoms in total. The summed E-state index contributed by atoms with van der Waals surface area (Å²) < 4.78 is 5.23. The number of urea groups is 1. The predicted molar refractivity (Wildman–Crippen MR) is 128 cm³/mol. The molecule has 1 N–H and O–H groups in total. The summed E-state index contributed by atoms with van der Waals surface area (Å²) in [4.78, 5) is 43.5. The van der Waals surface area contributed by atoms with E-state index in [1.165, 1.54) is 0 Å². The Bertz CT molecular complexity index is 1030. The number of thiophene rings is 1. The largest absolute Gasteiger partial charge is 0.497 e. The highest BCUT2D eigenvalue weighted by atomic mass is 32.1. The van der Waals surface area contributed by atoms with Crippen molar-refractivity contribution in [2.75, 3.05) is 18.6 Å². The molecule has 1 saturated heterocycles. The van der Waals surface area contributed by atoms with Gasteiger partial charge in [-0.1, -0.05) is 26.8 Å². The van der Waals surface area contributed by atoms with E-state index in [0.717, 1.165) is 16.2 Å². The predicted octanol–water partition coefficient (Wildman–Crippen LogP) is 4.43. The molecule has 1 aromatic heterocycles. The van der Waals surface area contributed by atoms with E-state index in [4.69, 9.17) is 4.74 Å². The Hall–Kier alpha value is -2.87. The summed E-state index contributed by atoms with van der Waals surface area (Å²) in [6, 6.07) is 10.6. The summed E-state index contributed by atoms with van der Waals surface area (Å²) in [6.45, 7) is 6.44. The molecule has 1 saturated carbocycles. The zero-order chi connectivity index (χ0) is 23.8. The first-order chi connectivity index (χ1) is 15.6. The second-order valence-electron chi connectivity index (χ2n) is 10.0. The number of carbonyl (C=O) groups is 3. The Labute approximate surface area is 198 Å². The van der Waals surface area contributed by atoms with Crippen LogP contribution in [0.2, 0.25) is 0 Å². The lowest BCUT2D eigenvalue weighted by molar-refractivity contribution is -0.137. The summed E-state index contributed by atoms with van der Waals surface area (Å²) >= 11 is 1.55. The molecule has 4 rings (SSSR count). The lowest BCUT2D eigenvalue weighted by Gasteiger charge is -2.43. The minimum atomic E-state index is -0.919. The first-order valence-electron chi connectivity index (χ1n) is 11.2. The molecule has 1 aliphatic carbocycles. The van der Waals surface area contributed by atoms with Gasteiger partial charge in [0.2, 0.25) is 5.91 Å². The monoisotopic (exact) mass is 469 g/mol. The first-order valence-corrected chi connectivity index (χ1v) is 12.1. The van der Waals surface area contributed by atoms with Crippen LogP contribution in [-0.2, 0) is 16.1 Å². The van der Waals surface area contributed by atoms with E-state index in [1.807, 2.05) is 29.6 Å². The second-order valence-corrected chi connectivity index (χ2v) is 11.0. The van der Waals surface area contributed by atoms with Crippen molar-refractivity contribution < 1.29 is 19.1 Å². The fraction of sp³-hybridized carbons (Fsp3) is 0.480. The Balaban J connectivity index is 1.57. The SMILES string of the molecule is COc1ccc(N(Cc2cccs2)C(=O)CN2C(=O)NC3(CC(C)CC(C)(C)C3)C2=O)cc1. The van der Waals surface area contributed by atoms with Gasteiger partial charge in [-0.15, -0.1) is 11.3 Å². The van der Waals surface area contributed by atoms with Gasteiger partial charge >= 0.3 is 6.03 Å². The van der Waals surface area contributed by atoms with E-state index in [-0.39, 0.29) is 23.8 Å². The number of carbonyl (C=O) groups excluding carboxylic acids is 3. The number of methoxy groups -OCH3 is 1. The van der Waals surface area contributed by atoms with Crippen LogP contribution in [0, 0.1) is 11.3 Å². The molecule has 2 aromatic rings. The van der Waals surface area contributed by atoms with E-state index >= 15 is 0 Å². The molecule has 33 heavy (non-hydrogen) atoms. The van der Waals surface area contributed by atoms with Gasteiger partial charge in [-0.25, -0.2) is 4.79 Å². The van der Waals surface area contributed by atoms with Crippen LogP contribution < -0.4 is 15.0 Å². The molecule has 4 amide bonds. The molecule has 2 fully saturated rings. The number of anilines is 1. The molecule has 8 heteroatoms. The lowest BCUT2D eigenvalue weighted by atomic mass is 9.64. The van der Waals surface area contributed by atoms with E-state index in [0.29, 0.717) is 36.7 Å². The quantitative estimate of drug-likeness (QED) is 0.635.